The maximum atomic E-state index is 12.2. The number of benzene rings is 1. The smallest absolute Gasteiger partial charge is 0.316 e. The van der Waals surface area contributed by atoms with E-state index < -0.39 is 11.8 Å². The van der Waals surface area contributed by atoms with Crippen LogP contribution in [-0.4, -0.2) is 52.5 Å². The number of aromatic nitrogens is 2. The number of nitrogens with two attached hydrogens (primary N) is 1. The first-order valence-electron chi connectivity index (χ1n) is 8.95. The van der Waals surface area contributed by atoms with Crippen molar-refractivity contribution >= 4 is 11.8 Å². The summed E-state index contributed by atoms with van der Waals surface area (Å²) in [6, 6.07) is 6.94. The van der Waals surface area contributed by atoms with Gasteiger partial charge in [-0.25, -0.2) is 0 Å². The molecular formula is C18H23N5O4. The zero-order valence-electron chi connectivity index (χ0n) is 15.2. The van der Waals surface area contributed by atoms with Gasteiger partial charge < -0.3 is 20.3 Å². The zero-order chi connectivity index (χ0) is 19.2. The standard InChI is InChI=1S/C18H23N5O4/c1-2-23-9-5-6-12(23)10-20-17(25)18-21-15(22-27-18)11-26-14-8-4-3-7-13(14)16(19)24/h3-4,7-8,12H,2,5-6,9-11H2,1H3,(H2,19,24)(H,20,25)/t12-/m1/s1. The Morgan fingerprint density at radius 2 is 2.22 bits per heavy atom. The van der Waals surface area contributed by atoms with Crippen molar-refractivity contribution in [2.24, 2.45) is 5.73 Å². The van der Waals surface area contributed by atoms with Crippen LogP contribution in [0.1, 0.15) is 46.6 Å². The van der Waals surface area contributed by atoms with Crippen LogP contribution < -0.4 is 15.8 Å². The van der Waals surface area contributed by atoms with Gasteiger partial charge in [0.2, 0.25) is 5.82 Å². The Hall–Kier alpha value is -2.94. The molecule has 1 saturated heterocycles. The molecule has 1 aromatic heterocycles. The molecule has 1 atom stereocenters. The summed E-state index contributed by atoms with van der Waals surface area (Å²) in [4.78, 5) is 30.0. The van der Waals surface area contributed by atoms with E-state index in [4.69, 9.17) is 15.0 Å². The lowest BCUT2D eigenvalue weighted by Crippen LogP contribution is -2.40. The number of para-hydroxylation sites is 1. The van der Waals surface area contributed by atoms with E-state index in [0.29, 0.717) is 18.3 Å². The number of likely N-dealkylation sites (N-methyl/N-ethyl adjacent to an activating group) is 1. The van der Waals surface area contributed by atoms with Crippen LogP contribution in [0, 0.1) is 0 Å². The summed E-state index contributed by atoms with van der Waals surface area (Å²) in [5, 5.41) is 6.58. The van der Waals surface area contributed by atoms with E-state index in [9.17, 15) is 9.59 Å². The molecule has 1 fully saturated rings. The molecule has 144 valence electrons. The van der Waals surface area contributed by atoms with Gasteiger partial charge in [-0.2, -0.15) is 4.98 Å². The summed E-state index contributed by atoms with van der Waals surface area (Å²) < 4.78 is 10.5. The van der Waals surface area contributed by atoms with Crippen LogP contribution in [0.5, 0.6) is 5.75 Å². The number of hydrogen-bond acceptors (Lipinski definition) is 7. The molecular weight excluding hydrogens is 350 g/mol. The number of amides is 2. The second kappa shape index (κ2) is 8.63. The van der Waals surface area contributed by atoms with E-state index >= 15 is 0 Å². The predicted octanol–water partition coefficient (Wildman–Crippen LogP) is 0.962. The van der Waals surface area contributed by atoms with Crippen molar-refractivity contribution in [1.82, 2.24) is 20.4 Å². The molecule has 1 aliphatic rings. The van der Waals surface area contributed by atoms with E-state index in [1.165, 1.54) is 0 Å². The third kappa shape index (κ3) is 4.62. The SMILES string of the molecule is CCN1CCC[C@@H]1CNC(=O)c1nc(COc2ccccc2C(N)=O)no1. The molecule has 1 aliphatic heterocycles. The van der Waals surface area contributed by atoms with Crippen LogP contribution in [0.15, 0.2) is 28.8 Å². The minimum atomic E-state index is -0.591. The Kier molecular flexibility index (Phi) is 6.02. The van der Waals surface area contributed by atoms with Crippen molar-refractivity contribution in [3.05, 3.63) is 41.5 Å². The summed E-state index contributed by atoms with van der Waals surface area (Å²) in [7, 11) is 0. The van der Waals surface area contributed by atoms with E-state index in [0.717, 1.165) is 25.9 Å². The largest absolute Gasteiger partial charge is 0.485 e. The molecule has 27 heavy (non-hydrogen) atoms. The van der Waals surface area contributed by atoms with Gasteiger partial charge in [0.1, 0.15) is 5.75 Å². The first-order chi connectivity index (χ1) is 13.1. The van der Waals surface area contributed by atoms with Crippen molar-refractivity contribution in [3.8, 4) is 5.75 Å². The van der Waals surface area contributed by atoms with Crippen LogP contribution in [0.3, 0.4) is 0 Å². The zero-order valence-corrected chi connectivity index (χ0v) is 15.2. The average molecular weight is 373 g/mol. The van der Waals surface area contributed by atoms with Crippen LogP contribution in [0.2, 0.25) is 0 Å². The fourth-order valence-electron chi connectivity index (χ4n) is 3.17. The molecule has 0 radical (unpaired) electrons. The first kappa shape index (κ1) is 18.8. The van der Waals surface area contributed by atoms with Crippen molar-refractivity contribution in [2.45, 2.75) is 32.4 Å². The number of likely N-dealkylation sites (tertiary alicyclic amines) is 1. The van der Waals surface area contributed by atoms with Gasteiger partial charge in [-0.15, -0.1) is 0 Å². The number of carbonyl (C=O) groups excluding carboxylic acids is 2. The fraction of sp³-hybridized carbons (Fsp3) is 0.444. The maximum absolute atomic E-state index is 12.2. The summed E-state index contributed by atoms with van der Waals surface area (Å²) in [5.41, 5.74) is 5.57. The topological polar surface area (TPSA) is 124 Å². The van der Waals surface area contributed by atoms with Crippen molar-refractivity contribution in [3.63, 3.8) is 0 Å². The number of carbonyl (C=O) groups is 2. The van der Waals surface area contributed by atoms with Gasteiger partial charge in [-0.1, -0.05) is 24.2 Å². The first-order valence-corrected chi connectivity index (χ1v) is 8.95. The normalized spacial score (nSPS) is 17.0. The second-order valence-electron chi connectivity index (χ2n) is 6.30. The van der Waals surface area contributed by atoms with Crippen LogP contribution in [0.4, 0.5) is 0 Å². The van der Waals surface area contributed by atoms with Gasteiger partial charge >= 0.3 is 11.8 Å². The Labute approximate surface area is 156 Å². The van der Waals surface area contributed by atoms with E-state index in [1.54, 1.807) is 24.3 Å². The average Bonchev–Trinajstić information content (AvgIpc) is 3.33. The monoisotopic (exact) mass is 373 g/mol. The molecule has 0 spiro atoms. The highest BCUT2D eigenvalue weighted by Crippen LogP contribution is 2.18. The third-order valence-corrected chi connectivity index (χ3v) is 4.58. The third-order valence-electron chi connectivity index (χ3n) is 4.58. The summed E-state index contributed by atoms with van der Waals surface area (Å²) in [6.07, 6.45) is 2.21. The fourth-order valence-corrected chi connectivity index (χ4v) is 3.17. The molecule has 3 rings (SSSR count). The lowest BCUT2D eigenvalue weighted by molar-refractivity contribution is 0.0896. The number of ether oxygens (including phenoxy) is 1. The molecule has 0 saturated carbocycles. The Morgan fingerprint density at radius 3 is 3.00 bits per heavy atom. The van der Waals surface area contributed by atoms with Gasteiger partial charge in [-0.3, -0.25) is 14.5 Å². The molecule has 3 N–H and O–H groups in total. The minimum absolute atomic E-state index is 0.0483. The number of nitrogens with zero attached hydrogens (tertiary/aromatic N) is 3. The lowest BCUT2D eigenvalue weighted by Gasteiger charge is -2.22. The van der Waals surface area contributed by atoms with Crippen molar-refractivity contribution in [2.75, 3.05) is 19.6 Å². The molecule has 2 heterocycles. The Bertz CT molecular complexity index is 807. The van der Waals surface area contributed by atoms with Gasteiger partial charge in [0.15, 0.2) is 6.61 Å². The van der Waals surface area contributed by atoms with Gasteiger partial charge in [0.25, 0.3) is 5.91 Å². The molecule has 0 aliphatic carbocycles. The molecule has 1 aromatic carbocycles. The highest BCUT2D eigenvalue weighted by atomic mass is 16.5. The molecule has 9 nitrogen and oxygen atoms in total. The highest BCUT2D eigenvalue weighted by Gasteiger charge is 2.24. The highest BCUT2D eigenvalue weighted by molar-refractivity contribution is 5.95. The van der Waals surface area contributed by atoms with Gasteiger partial charge in [0, 0.05) is 12.6 Å². The Balaban J connectivity index is 1.54. The van der Waals surface area contributed by atoms with E-state index in [2.05, 4.69) is 27.3 Å². The molecule has 2 aromatic rings. The van der Waals surface area contributed by atoms with Gasteiger partial charge in [0.05, 0.1) is 5.56 Å². The molecule has 9 heteroatoms. The van der Waals surface area contributed by atoms with Gasteiger partial charge in [-0.05, 0) is 38.1 Å². The van der Waals surface area contributed by atoms with E-state index in [1.807, 2.05) is 0 Å². The number of hydrogen-bond donors (Lipinski definition) is 2. The van der Waals surface area contributed by atoms with Crippen molar-refractivity contribution < 1.29 is 18.8 Å². The quantitative estimate of drug-likeness (QED) is 0.706. The van der Waals surface area contributed by atoms with Crippen LogP contribution in [-0.2, 0) is 6.61 Å². The minimum Gasteiger partial charge on any atom is -0.485 e. The second-order valence-corrected chi connectivity index (χ2v) is 6.30. The summed E-state index contributed by atoms with van der Waals surface area (Å²) in [5.74, 6) is -0.587. The van der Waals surface area contributed by atoms with Crippen LogP contribution >= 0.6 is 0 Å². The molecule has 2 amide bonds. The summed E-state index contributed by atoms with van der Waals surface area (Å²) in [6.45, 7) is 4.64. The molecule has 0 unspecified atom stereocenters. The van der Waals surface area contributed by atoms with Crippen LogP contribution in [0.25, 0.3) is 0 Å². The summed E-state index contributed by atoms with van der Waals surface area (Å²) >= 11 is 0. The van der Waals surface area contributed by atoms with Crippen molar-refractivity contribution in [1.29, 1.82) is 0 Å². The molecule has 0 bridgehead atoms. The predicted molar refractivity (Wildman–Crippen MR) is 96.2 cm³/mol. The number of rotatable bonds is 8. The number of primary amides is 1. The lowest BCUT2D eigenvalue weighted by atomic mass is 10.2. The van der Waals surface area contributed by atoms with E-state index in [-0.39, 0.29) is 23.9 Å². The maximum Gasteiger partial charge on any atom is 0.316 e. The Morgan fingerprint density at radius 1 is 1.41 bits per heavy atom. The number of nitrogens with one attached hydrogen (secondary N) is 1.